The normalized spacial score (nSPS) is 17.6. The Morgan fingerprint density at radius 1 is 1.41 bits per heavy atom. The molecular weight excluding hydrogens is 372 g/mol. The number of carbonyl (C=O) groups excluding carboxylic acids is 1. The SMILES string of the molecule is CCS(=O)(=O)N1CCC(C(=O)OC(C)c2nc(-c3cccnc3)no2)CC1. The topological polar surface area (TPSA) is 115 Å². The zero-order valence-electron chi connectivity index (χ0n) is 15.2. The Kier molecular flexibility index (Phi) is 5.85. The molecule has 27 heavy (non-hydrogen) atoms. The van der Waals surface area contributed by atoms with Crippen molar-refractivity contribution in [2.24, 2.45) is 5.92 Å². The van der Waals surface area contributed by atoms with Gasteiger partial charge in [-0.15, -0.1) is 0 Å². The minimum Gasteiger partial charge on any atom is -0.452 e. The maximum Gasteiger partial charge on any atom is 0.309 e. The van der Waals surface area contributed by atoms with Gasteiger partial charge in [0, 0.05) is 31.0 Å². The van der Waals surface area contributed by atoms with Crippen LogP contribution in [-0.4, -0.2) is 52.7 Å². The van der Waals surface area contributed by atoms with Crippen molar-refractivity contribution in [3.8, 4) is 11.4 Å². The fraction of sp³-hybridized carbons (Fsp3) is 0.529. The lowest BCUT2D eigenvalue weighted by atomic mass is 9.98. The highest BCUT2D eigenvalue weighted by Gasteiger charge is 2.32. The molecule has 0 N–H and O–H groups in total. The first-order valence-corrected chi connectivity index (χ1v) is 10.4. The summed E-state index contributed by atoms with van der Waals surface area (Å²) in [5.74, 6) is -0.0730. The summed E-state index contributed by atoms with van der Waals surface area (Å²) in [6.07, 6.45) is 3.45. The number of hydrogen-bond donors (Lipinski definition) is 0. The highest BCUT2D eigenvalue weighted by atomic mass is 32.2. The van der Waals surface area contributed by atoms with E-state index in [-0.39, 0.29) is 23.5 Å². The van der Waals surface area contributed by atoms with Crippen LogP contribution < -0.4 is 0 Å². The first-order valence-electron chi connectivity index (χ1n) is 8.83. The number of aromatic nitrogens is 3. The maximum absolute atomic E-state index is 12.4. The van der Waals surface area contributed by atoms with Crippen molar-refractivity contribution in [1.82, 2.24) is 19.4 Å². The van der Waals surface area contributed by atoms with Crippen LogP contribution in [0.25, 0.3) is 11.4 Å². The number of pyridine rings is 1. The Morgan fingerprint density at radius 2 is 2.15 bits per heavy atom. The molecule has 146 valence electrons. The first kappa shape index (κ1) is 19.4. The molecule has 0 saturated carbocycles. The second-order valence-electron chi connectivity index (χ2n) is 6.35. The minimum absolute atomic E-state index is 0.0651. The lowest BCUT2D eigenvalue weighted by Crippen LogP contribution is -2.41. The maximum atomic E-state index is 12.4. The molecule has 3 rings (SSSR count). The molecule has 10 heteroatoms. The first-order chi connectivity index (χ1) is 12.9. The molecule has 0 bridgehead atoms. The molecule has 1 atom stereocenters. The largest absolute Gasteiger partial charge is 0.452 e. The van der Waals surface area contributed by atoms with Gasteiger partial charge < -0.3 is 9.26 Å². The number of piperidine rings is 1. The van der Waals surface area contributed by atoms with Crippen LogP contribution in [0.1, 0.15) is 38.7 Å². The van der Waals surface area contributed by atoms with Crippen molar-refractivity contribution >= 4 is 16.0 Å². The summed E-state index contributed by atoms with van der Waals surface area (Å²) in [5, 5.41) is 3.88. The van der Waals surface area contributed by atoms with Crippen molar-refractivity contribution < 1.29 is 22.5 Å². The average Bonchev–Trinajstić information content (AvgIpc) is 3.19. The minimum atomic E-state index is -3.22. The van der Waals surface area contributed by atoms with Crippen molar-refractivity contribution in [3.63, 3.8) is 0 Å². The molecule has 0 aliphatic carbocycles. The second-order valence-corrected chi connectivity index (χ2v) is 8.61. The lowest BCUT2D eigenvalue weighted by molar-refractivity contribution is -0.156. The zero-order valence-corrected chi connectivity index (χ0v) is 16.1. The third-order valence-electron chi connectivity index (χ3n) is 4.55. The van der Waals surface area contributed by atoms with Crippen molar-refractivity contribution in [2.45, 2.75) is 32.8 Å². The van der Waals surface area contributed by atoms with Gasteiger partial charge in [0.05, 0.1) is 11.7 Å². The summed E-state index contributed by atoms with van der Waals surface area (Å²) >= 11 is 0. The van der Waals surface area contributed by atoms with Gasteiger partial charge in [-0.3, -0.25) is 9.78 Å². The van der Waals surface area contributed by atoms with Crippen LogP contribution >= 0.6 is 0 Å². The van der Waals surface area contributed by atoms with E-state index in [2.05, 4.69) is 15.1 Å². The molecule has 1 fully saturated rings. The Bertz CT molecular complexity index is 876. The summed E-state index contributed by atoms with van der Waals surface area (Å²) in [6.45, 7) is 3.93. The van der Waals surface area contributed by atoms with Crippen LogP contribution in [0.5, 0.6) is 0 Å². The molecule has 0 amide bonds. The van der Waals surface area contributed by atoms with Crippen LogP contribution in [0.4, 0.5) is 0 Å². The van der Waals surface area contributed by atoms with Gasteiger partial charge in [-0.2, -0.15) is 4.98 Å². The van der Waals surface area contributed by atoms with Gasteiger partial charge in [0.15, 0.2) is 6.10 Å². The third kappa shape index (κ3) is 4.51. The monoisotopic (exact) mass is 394 g/mol. The van der Waals surface area contributed by atoms with Gasteiger partial charge in [0.2, 0.25) is 15.8 Å². The molecule has 2 aromatic heterocycles. The van der Waals surface area contributed by atoms with Crippen molar-refractivity contribution in [3.05, 3.63) is 30.4 Å². The van der Waals surface area contributed by atoms with E-state index in [1.807, 2.05) is 0 Å². The van der Waals surface area contributed by atoms with Gasteiger partial charge in [0.25, 0.3) is 5.89 Å². The van der Waals surface area contributed by atoms with E-state index in [1.54, 1.807) is 38.4 Å². The second kappa shape index (κ2) is 8.13. The van der Waals surface area contributed by atoms with Gasteiger partial charge in [-0.05, 0) is 38.8 Å². The molecule has 2 aromatic rings. The van der Waals surface area contributed by atoms with Crippen LogP contribution in [0, 0.1) is 5.92 Å². The van der Waals surface area contributed by atoms with E-state index in [9.17, 15) is 13.2 Å². The summed E-state index contributed by atoms with van der Waals surface area (Å²) in [4.78, 5) is 20.6. The van der Waals surface area contributed by atoms with E-state index in [1.165, 1.54) is 4.31 Å². The summed E-state index contributed by atoms with van der Waals surface area (Å²) < 4.78 is 35.9. The fourth-order valence-electron chi connectivity index (χ4n) is 2.89. The molecule has 0 spiro atoms. The molecule has 1 aliphatic rings. The van der Waals surface area contributed by atoms with Gasteiger partial charge >= 0.3 is 5.97 Å². The standard InChI is InChI=1S/C17H22N4O5S/c1-3-27(23,24)21-9-6-13(7-10-21)17(22)25-12(2)16-19-15(20-26-16)14-5-4-8-18-11-14/h4-5,8,11-13H,3,6-7,9-10H2,1-2H3. The highest BCUT2D eigenvalue weighted by Crippen LogP contribution is 2.25. The summed E-state index contributed by atoms with van der Waals surface area (Å²) in [6, 6.07) is 3.57. The molecule has 3 heterocycles. The molecule has 0 radical (unpaired) electrons. The Labute approximate surface area is 157 Å². The Morgan fingerprint density at radius 3 is 2.78 bits per heavy atom. The number of sulfonamides is 1. The molecule has 1 aliphatic heterocycles. The van der Waals surface area contributed by atoms with Gasteiger partial charge in [-0.25, -0.2) is 12.7 Å². The summed E-state index contributed by atoms with van der Waals surface area (Å²) in [7, 11) is -3.22. The van der Waals surface area contributed by atoms with E-state index in [0.717, 1.165) is 0 Å². The number of rotatable bonds is 6. The summed E-state index contributed by atoms with van der Waals surface area (Å²) in [5.41, 5.74) is 0.704. The smallest absolute Gasteiger partial charge is 0.309 e. The van der Waals surface area contributed by atoms with E-state index >= 15 is 0 Å². The van der Waals surface area contributed by atoms with Crippen LogP contribution in [0.15, 0.2) is 29.0 Å². The fourth-order valence-corrected chi connectivity index (χ4v) is 4.02. The van der Waals surface area contributed by atoms with Crippen LogP contribution in [0.3, 0.4) is 0 Å². The molecule has 1 saturated heterocycles. The number of hydrogen-bond acceptors (Lipinski definition) is 8. The van der Waals surface area contributed by atoms with Crippen LogP contribution in [0.2, 0.25) is 0 Å². The predicted molar refractivity (Wildman–Crippen MR) is 95.8 cm³/mol. The highest BCUT2D eigenvalue weighted by molar-refractivity contribution is 7.89. The molecule has 9 nitrogen and oxygen atoms in total. The van der Waals surface area contributed by atoms with Gasteiger partial charge in [-0.1, -0.05) is 5.16 Å². The number of nitrogens with zero attached hydrogens (tertiary/aromatic N) is 4. The number of esters is 1. The third-order valence-corrected chi connectivity index (χ3v) is 6.43. The molecule has 0 aromatic carbocycles. The zero-order chi connectivity index (χ0) is 19.4. The average molecular weight is 394 g/mol. The van der Waals surface area contributed by atoms with E-state index < -0.39 is 16.1 Å². The Hall–Kier alpha value is -2.33. The van der Waals surface area contributed by atoms with Crippen molar-refractivity contribution in [2.75, 3.05) is 18.8 Å². The quantitative estimate of drug-likeness (QED) is 0.681. The Balaban J connectivity index is 1.57. The van der Waals surface area contributed by atoms with Gasteiger partial charge in [0.1, 0.15) is 0 Å². The lowest BCUT2D eigenvalue weighted by Gasteiger charge is -2.30. The number of ether oxygens (including phenoxy) is 1. The van der Waals surface area contributed by atoms with E-state index in [4.69, 9.17) is 9.26 Å². The number of carbonyl (C=O) groups is 1. The molecule has 1 unspecified atom stereocenters. The van der Waals surface area contributed by atoms with E-state index in [0.29, 0.717) is 37.3 Å². The van der Waals surface area contributed by atoms with Crippen LogP contribution in [-0.2, 0) is 19.6 Å². The molecular formula is C17H22N4O5S. The predicted octanol–water partition coefficient (Wildman–Crippen LogP) is 1.80. The van der Waals surface area contributed by atoms with Crippen molar-refractivity contribution in [1.29, 1.82) is 0 Å².